The van der Waals surface area contributed by atoms with Crippen molar-refractivity contribution in [3.63, 3.8) is 0 Å². The first-order chi connectivity index (χ1) is 12.3. The van der Waals surface area contributed by atoms with Crippen molar-refractivity contribution >= 4 is 22.1 Å². The van der Waals surface area contributed by atoms with Crippen LogP contribution in [0.3, 0.4) is 0 Å². The molecular formula is C18H24NO6S-. The number of carbonyl (C=O) groups excluding carboxylic acids is 1. The molecule has 0 atom stereocenters. The van der Waals surface area contributed by atoms with Gasteiger partial charge in [0.2, 0.25) is 10.0 Å². The topological polar surface area (TPSA) is 96.0 Å². The van der Waals surface area contributed by atoms with Gasteiger partial charge in [-0.3, -0.25) is 0 Å². The first-order valence-corrected chi connectivity index (χ1v) is 9.88. The maximum Gasteiger partial charge on any atom is 0.246 e. The van der Waals surface area contributed by atoms with Crippen molar-refractivity contribution in [3.05, 3.63) is 23.8 Å². The Balaban J connectivity index is 2.53. The van der Waals surface area contributed by atoms with Crippen molar-refractivity contribution < 1.29 is 27.8 Å². The zero-order valence-corrected chi connectivity index (χ0v) is 16.0. The number of hydrogen-bond donors (Lipinski definition) is 0. The summed E-state index contributed by atoms with van der Waals surface area (Å²) in [5, 5.41) is 10.7. The van der Waals surface area contributed by atoms with Crippen molar-refractivity contribution in [1.29, 1.82) is 0 Å². The van der Waals surface area contributed by atoms with Gasteiger partial charge < -0.3 is 19.4 Å². The number of rotatable bonds is 7. The molecule has 0 spiro atoms. The molecule has 7 nitrogen and oxygen atoms in total. The quantitative estimate of drug-likeness (QED) is 0.662. The fraction of sp³-hybridized carbons (Fsp3) is 0.500. The Morgan fingerprint density at radius 3 is 2.38 bits per heavy atom. The average Bonchev–Trinajstić information content (AvgIpc) is 2.65. The Kier molecular flexibility index (Phi) is 6.66. The van der Waals surface area contributed by atoms with Crippen molar-refractivity contribution in [1.82, 2.24) is 4.31 Å². The lowest BCUT2D eigenvalue weighted by molar-refractivity contribution is -0.297. The summed E-state index contributed by atoms with van der Waals surface area (Å²) in [5.74, 6) is -1.06. The van der Waals surface area contributed by atoms with Crippen LogP contribution >= 0.6 is 0 Å². The molecule has 8 heteroatoms. The molecule has 0 bridgehead atoms. The molecule has 0 aromatic heterocycles. The molecule has 144 valence electrons. The predicted molar refractivity (Wildman–Crippen MR) is 95.4 cm³/mol. The number of methoxy groups -OCH3 is 2. The third kappa shape index (κ3) is 4.37. The minimum Gasteiger partial charge on any atom is -0.545 e. The van der Waals surface area contributed by atoms with E-state index in [0.29, 0.717) is 5.56 Å². The number of carbonyl (C=O) groups is 1. The van der Waals surface area contributed by atoms with E-state index in [9.17, 15) is 18.3 Å². The molecule has 1 aliphatic rings. The smallest absolute Gasteiger partial charge is 0.246 e. The van der Waals surface area contributed by atoms with Gasteiger partial charge in [0.15, 0.2) is 11.5 Å². The number of nitrogens with zero attached hydrogens (tertiary/aromatic N) is 1. The Hall–Kier alpha value is -2.06. The zero-order chi connectivity index (χ0) is 19.3. The van der Waals surface area contributed by atoms with Crippen molar-refractivity contribution in [2.75, 3.05) is 21.3 Å². The van der Waals surface area contributed by atoms with E-state index in [0.717, 1.165) is 38.2 Å². The van der Waals surface area contributed by atoms with E-state index in [1.807, 2.05) is 0 Å². The third-order valence-corrected chi connectivity index (χ3v) is 6.54. The first kappa shape index (κ1) is 20.3. The van der Waals surface area contributed by atoms with E-state index in [-0.39, 0.29) is 22.4 Å². The van der Waals surface area contributed by atoms with Crippen LogP contribution in [-0.4, -0.2) is 46.0 Å². The second kappa shape index (κ2) is 8.55. The van der Waals surface area contributed by atoms with Crippen LogP contribution in [0.25, 0.3) is 6.08 Å². The summed E-state index contributed by atoms with van der Waals surface area (Å²) in [4.78, 5) is 10.6. The largest absolute Gasteiger partial charge is 0.545 e. The molecule has 1 aromatic carbocycles. The molecule has 1 aliphatic carbocycles. The van der Waals surface area contributed by atoms with Crippen LogP contribution in [0.5, 0.6) is 11.5 Å². The Morgan fingerprint density at radius 2 is 1.85 bits per heavy atom. The van der Waals surface area contributed by atoms with Gasteiger partial charge in [-0.15, -0.1) is 0 Å². The zero-order valence-electron chi connectivity index (χ0n) is 15.2. The normalized spacial score (nSPS) is 16.2. The highest BCUT2D eigenvalue weighted by molar-refractivity contribution is 7.89. The lowest BCUT2D eigenvalue weighted by Gasteiger charge is -2.31. The number of benzene rings is 1. The van der Waals surface area contributed by atoms with Gasteiger partial charge in [0.05, 0.1) is 20.2 Å². The Bertz CT molecular complexity index is 781. The van der Waals surface area contributed by atoms with Crippen LogP contribution < -0.4 is 14.6 Å². The molecule has 0 aliphatic heterocycles. The van der Waals surface area contributed by atoms with Crippen LogP contribution in [-0.2, 0) is 14.8 Å². The highest BCUT2D eigenvalue weighted by Gasteiger charge is 2.32. The Morgan fingerprint density at radius 1 is 1.19 bits per heavy atom. The Labute approximate surface area is 154 Å². The van der Waals surface area contributed by atoms with Gasteiger partial charge in [0.25, 0.3) is 0 Å². The van der Waals surface area contributed by atoms with E-state index in [1.165, 1.54) is 36.7 Å². The minimum absolute atomic E-state index is 0.0505. The fourth-order valence-corrected chi connectivity index (χ4v) is 4.81. The van der Waals surface area contributed by atoms with E-state index in [2.05, 4.69) is 0 Å². The lowest BCUT2D eigenvalue weighted by atomic mass is 9.96. The summed E-state index contributed by atoms with van der Waals surface area (Å²) < 4.78 is 38.3. The summed E-state index contributed by atoms with van der Waals surface area (Å²) in [6.45, 7) is 0. The summed E-state index contributed by atoms with van der Waals surface area (Å²) in [7, 11) is 0.490. The monoisotopic (exact) mass is 382 g/mol. The number of ether oxygens (including phenoxy) is 2. The molecule has 0 N–H and O–H groups in total. The maximum atomic E-state index is 13.2. The molecule has 0 amide bonds. The molecule has 1 fully saturated rings. The SMILES string of the molecule is COc1cc(/C=C/C(=O)[O-])cc(S(=O)(=O)N(C)C2CCCCC2)c1OC. The second-order valence-corrected chi connectivity index (χ2v) is 8.19. The van der Waals surface area contributed by atoms with E-state index in [1.54, 1.807) is 7.05 Å². The molecule has 0 unspecified atom stereocenters. The number of aliphatic carboxylic acids is 1. The van der Waals surface area contributed by atoms with Gasteiger partial charge in [0.1, 0.15) is 4.90 Å². The van der Waals surface area contributed by atoms with Gasteiger partial charge >= 0.3 is 0 Å². The van der Waals surface area contributed by atoms with Gasteiger partial charge in [-0.1, -0.05) is 25.3 Å². The third-order valence-electron chi connectivity index (χ3n) is 4.62. The fourth-order valence-electron chi connectivity index (χ4n) is 3.20. The van der Waals surface area contributed by atoms with Gasteiger partial charge in [-0.25, -0.2) is 8.42 Å². The van der Waals surface area contributed by atoms with Gasteiger partial charge in [-0.2, -0.15) is 4.31 Å². The van der Waals surface area contributed by atoms with Crippen molar-refractivity contribution in [3.8, 4) is 11.5 Å². The summed E-state index contributed by atoms with van der Waals surface area (Å²) >= 11 is 0. The predicted octanol–water partition coefficient (Wildman–Crippen LogP) is 1.42. The standard InChI is InChI=1S/C18H25NO6S/c1-19(14-7-5-4-6-8-14)26(22,23)16-12-13(9-10-17(20)21)11-15(24-2)18(16)25-3/h9-12,14H,4-8H2,1-3H3,(H,20,21)/p-1/b10-9+. The molecule has 1 saturated carbocycles. The number of carboxylic acids is 1. The van der Waals surface area contributed by atoms with Crippen LogP contribution in [0, 0.1) is 0 Å². The second-order valence-electron chi connectivity index (χ2n) is 6.22. The molecule has 1 aromatic rings. The van der Waals surface area contributed by atoms with Crippen LogP contribution in [0.2, 0.25) is 0 Å². The van der Waals surface area contributed by atoms with Gasteiger partial charge in [-0.05, 0) is 36.6 Å². The van der Waals surface area contributed by atoms with Crippen LogP contribution in [0.4, 0.5) is 0 Å². The summed E-state index contributed by atoms with van der Waals surface area (Å²) in [6.07, 6.45) is 6.85. The highest BCUT2D eigenvalue weighted by Crippen LogP contribution is 2.38. The summed E-state index contributed by atoms with van der Waals surface area (Å²) in [5.41, 5.74) is 0.363. The molecule has 0 heterocycles. The van der Waals surface area contributed by atoms with E-state index >= 15 is 0 Å². The van der Waals surface area contributed by atoms with E-state index in [4.69, 9.17) is 9.47 Å². The first-order valence-electron chi connectivity index (χ1n) is 8.44. The molecule has 0 radical (unpaired) electrons. The maximum absolute atomic E-state index is 13.2. The molecular weight excluding hydrogens is 358 g/mol. The molecule has 26 heavy (non-hydrogen) atoms. The number of carboxylic acid groups (broad SMARTS) is 1. The van der Waals surface area contributed by atoms with Crippen molar-refractivity contribution in [2.45, 2.75) is 43.0 Å². The van der Waals surface area contributed by atoms with E-state index < -0.39 is 16.0 Å². The van der Waals surface area contributed by atoms with Crippen LogP contribution in [0.15, 0.2) is 23.1 Å². The number of hydrogen-bond acceptors (Lipinski definition) is 6. The number of sulfonamides is 1. The van der Waals surface area contributed by atoms with Crippen molar-refractivity contribution in [2.24, 2.45) is 0 Å². The average molecular weight is 382 g/mol. The summed E-state index contributed by atoms with van der Waals surface area (Å²) in [6, 6.07) is 2.83. The minimum atomic E-state index is -3.84. The molecule has 0 saturated heterocycles. The van der Waals surface area contributed by atoms with Crippen LogP contribution in [0.1, 0.15) is 37.7 Å². The highest BCUT2D eigenvalue weighted by atomic mass is 32.2. The molecule has 2 rings (SSSR count). The lowest BCUT2D eigenvalue weighted by Crippen LogP contribution is -2.38. The van der Waals surface area contributed by atoms with Gasteiger partial charge in [0, 0.05) is 13.1 Å².